The highest BCUT2D eigenvalue weighted by Gasteiger charge is 2.26. The highest BCUT2D eigenvalue weighted by molar-refractivity contribution is 6.11. The molecule has 1 aliphatic rings. The van der Waals surface area contributed by atoms with Crippen LogP contribution >= 0.6 is 0 Å². The van der Waals surface area contributed by atoms with Gasteiger partial charge in [-0.25, -0.2) is 0 Å². The Kier molecular flexibility index (Phi) is 5.81. The molecule has 3 aromatic rings. The number of fused-ring (bicyclic) bond motifs is 1. The SMILES string of the molecule is COc1cc(C)cc(OC)c1-c1cccc2c(C(=O)N3CCCC(C#N)C3)cccc12. The Labute approximate surface area is 182 Å². The van der Waals surface area contributed by atoms with E-state index in [-0.39, 0.29) is 11.8 Å². The number of hydrogen-bond donors (Lipinski definition) is 0. The minimum Gasteiger partial charge on any atom is -0.496 e. The number of nitrogens with zero attached hydrogens (tertiary/aromatic N) is 2. The van der Waals surface area contributed by atoms with Crippen LogP contribution in [0.1, 0.15) is 28.8 Å². The molecule has 1 heterocycles. The summed E-state index contributed by atoms with van der Waals surface area (Å²) < 4.78 is 11.4. The first-order chi connectivity index (χ1) is 15.1. The van der Waals surface area contributed by atoms with Crippen molar-refractivity contribution in [3.63, 3.8) is 0 Å². The van der Waals surface area contributed by atoms with Gasteiger partial charge in [0.15, 0.2) is 0 Å². The molecule has 31 heavy (non-hydrogen) atoms. The third-order valence-electron chi connectivity index (χ3n) is 5.96. The third-order valence-corrected chi connectivity index (χ3v) is 5.96. The molecule has 1 fully saturated rings. The number of methoxy groups -OCH3 is 2. The molecule has 0 radical (unpaired) electrons. The molecular formula is C26H26N2O3. The molecule has 3 aromatic carbocycles. The highest BCUT2D eigenvalue weighted by Crippen LogP contribution is 2.43. The monoisotopic (exact) mass is 414 g/mol. The van der Waals surface area contributed by atoms with Crippen molar-refractivity contribution >= 4 is 16.7 Å². The van der Waals surface area contributed by atoms with Crippen molar-refractivity contribution in [2.45, 2.75) is 19.8 Å². The standard InChI is InChI=1S/C26H26N2O3/c1-17-13-23(30-2)25(24(14-17)31-3)21-10-4-9-20-19(21)8-5-11-22(20)26(29)28-12-6-7-18(15-27)16-28/h4-5,8-11,13-14,18H,6-7,12,16H2,1-3H3. The number of amides is 1. The number of nitriles is 1. The molecule has 0 spiro atoms. The fourth-order valence-electron chi connectivity index (χ4n) is 4.46. The van der Waals surface area contributed by atoms with Crippen molar-refractivity contribution in [2.75, 3.05) is 27.3 Å². The molecule has 0 bridgehead atoms. The zero-order valence-electron chi connectivity index (χ0n) is 18.1. The number of benzene rings is 3. The molecule has 1 aliphatic heterocycles. The van der Waals surface area contributed by atoms with Crippen LogP contribution in [0.3, 0.4) is 0 Å². The number of carbonyl (C=O) groups excluding carboxylic acids is 1. The fraction of sp³-hybridized carbons (Fsp3) is 0.308. The molecule has 0 N–H and O–H groups in total. The van der Waals surface area contributed by atoms with E-state index < -0.39 is 0 Å². The van der Waals surface area contributed by atoms with Crippen molar-refractivity contribution in [1.82, 2.24) is 4.90 Å². The molecule has 1 unspecified atom stereocenters. The molecular weight excluding hydrogens is 388 g/mol. The molecule has 1 saturated heterocycles. The molecule has 5 heteroatoms. The number of likely N-dealkylation sites (tertiary alicyclic amines) is 1. The van der Waals surface area contributed by atoms with E-state index in [1.807, 2.05) is 60.4 Å². The Bertz CT molecular complexity index is 1150. The number of aryl methyl sites for hydroxylation is 1. The van der Waals surface area contributed by atoms with Crippen molar-refractivity contribution in [3.8, 4) is 28.7 Å². The number of carbonyl (C=O) groups is 1. The van der Waals surface area contributed by atoms with E-state index in [4.69, 9.17) is 9.47 Å². The van der Waals surface area contributed by atoms with Gasteiger partial charge in [-0.3, -0.25) is 4.79 Å². The van der Waals surface area contributed by atoms with Crippen molar-refractivity contribution in [2.24, 2.45) is 5.92 Å². The molecule has 1 atom stereocenters. The van der Waals surface area contributed by atoms with Crippen LogP contribution in [-0.4, -0.2) is 38.1 Å². The van der Waals surface area contributed by atoms with Gasteiger partial charge in [-0.05, 0) is 59.9 Å². The summed E-state index contributed by atoms with van der Waals surface area (Å²) in [4.78, 5) is 15.2. The zero-order valence-corrected chi connectivity index (χ0v) is 18.1. The maximum Gasteiger partial charge on any atom is 0.254 e. The van der Waals surface area contributed by atoms with Gasteiger partial charge in [0.25, 0.3) is 5.91 Å². The summed E-state index contributed by atoms with van der Waals surface area (Å²) in [5, 5.41) is 11.1. The predicted octanol–water partition coefficient (Wildman–Crippen LogP) is 5.21. The summed E-state index contributed by atoms with van der Waals surface area (Å²) >= 11 is 0. The average molecular weight is 415 g/mol. The highest BCUT2D eigenvalue weighted by atomic mass is 16.5. The lowest BCUT2D eigenvalue weighted by Gasteiger charge is -2.30. The lowest BCUT2D eigenvalue weighted by molar-refractivity contribution is 0.0701. The Morgan fingerprint density at radius 2 is 1.74 bits per heavy atom. The molecule has 5 nitrogen and oxygen atoms in total. The van der Waals surface area contributed by atoms with Crippen LogP contribution in [0.5, 0.6) is 11.5 Å². The fourth-order valence-corrected chi connectivity index (χ4v) is 4.46. The second kappa shape index (κ2) is 8.69. The Morgan fingerprint density at radius 3 is 2.42 bits per heavy atom. The van der Waals surface area contributed by atoms with Gasteiger partial charge < -0.3 is 14.4 Å². The van der Waals surface area contributed by atoms with Crippen LogP contribution in [0.2, 0.25) is 0 Å². The lowest BCUT2D eigenvalue weighted by Crippen LogP contribution is -2.39. The molecule has 0 aliphatic carbocycles. The average Bonchev–Trinajstić information content (AvgIpc) is 2.82. The predicted molar refractivity (Wildman–Crippen MR) is 121 cm³/mol. The second-order valence-electron chi connectivity index (χ2n) is 7.97. The number of hydrogen-bond acceptors (Lipinski definition) is 4. The minimum absolute atomic E-state index is 0.0227. The van der Waals surface area contributed by atoms with Crippen LogP contribution in [-0.2, 0) is 0 Å². The van der Waals surface area contributed by atoms with E-state index in [0.717, 1.165) is 51.8 Å². The topological polar surface area (TPSA) is 62.6 Å². The van der Waals surface area contributed by atoms with E-state index in [1.54, 1.807) is 14.2 Å². The summed E-state index contributed by atoms with van der Waals surface area (Å²) in [6, 6.07) is 18.1. The Balaban J connectivity index is 1.86. The minimum atomic E-state index is -0.0932. The summed E-state index contributed by atoms with van der Waals surface area (Å²) in [6.45, 7) is 3.18. The van der Waals surface area contributed by atoms with E-state index in [1.165, 1.54) is 0 Å². The molecule has 4 rings (SSSR count). The quantitative estimate of drug-likeness (QED) is 0.588. The smallest absolute Gasteiger partial charge is 0.254 e. The second-order valence-corrected chi connectivity index (χ2v) is 7.97. The Morgan fingerprint density at radius 1 is 1.06 bits per heavy atom. The lowest BCUT2D eigenvalue weighted by atomic mass is 9.93. The van der Waals surface area contributed by atoms with Gasteiger partial charge in [-0.1, -0.05) is 30.3 Å². The van der Waals surface area contributed by atoms with Crippen molar-refractivity contribution in [1.29, 1.82) is 5.26 Å². The third kappa shape index (κ3) is 3.82. The first-order valence-electron chi connectivity index (χ1n) is 10.5. The van der Waals surface area contributed by atoms with Crippen LogP contribution in [0.15, 0.2) is 48.5 Å². The molecule has 1 amide bonds. The van der Waals surface area contributed by atoms with Crippen LogP contribution in [0.4, 0.5) is 0 Å². The summed E-state index contributed by atoms with van der Waals surface area (Å²) in [5.74, 6) is 1.35. The van der Waals surface area contributed by atoms with Crippen LogP contribution in [0.25, 0.3) is 21.9 Å². The van der Waals surface area contributed by atoms with Gasteiger partial charge in [0.2, 0.25) is 0 Å². The summed E-state index contributed by atoms with van der Waals surface area (Å²) in [6.07, 6.45) is 1.71. The van der Waals surface area contributed by atoms with Crippen molar-refractivity contribution < 1.29 is 14.3 Å². The van der Waals surface area contributed by atoms with Crippen LogP contribution < -0.4 is 9.47 Å². The largest absolute Gasteiger partial charge is 0.496 e. The first-order valence-corrected chi connectivity index (χ1v) is 10.5. The van der Waals surface area contributed by atoms with Gasteiger partial charge in [-0.2, -0.15) is 5.26 Å². The van der Waals surface area contributed by atoms with Crippen LogP contribution in [0, 0.1) is 24.2 Å². The van der Waals surface area contributed by atoms with Gasteiger partial charge in [0.05, 0.1) is 31.8 Å². The van der Waals surface area contributed by atoms with Gasteiger partial charge in [0.1, 0.15) is 11.5 Å². The van der Waals surface area contributed by atoms with Gasteiger partial charge in [-0.15, -0.1) is 0 Å². The molecule has 0 saturated carbocycles. The number of piperidine rings is 1. The maximum absolute atomic E-state index is 13.4. The molecule has 0 aromatic heterocycles. The summed E-state index contributed by atoms with van der Waals surface area (Å²) in [5.41, 5.74) is 3.52. The van der Waals surface area contributed by atoms with Gasteiger partial charge >= 0.3 is 0 Å². The number of rotatable bonds is 4. The van der Waals surface area contributed by atoms with Gasteiger partial charge in [0, 0.05) is 18.7 Å². The van der Waals surface area contributed by atoms with E-state index in [2.05, 4.69) is 6.07 Å². The number of ether oxygens (including phenoxy) is 2. The van der Waals surface area contributed by atoms with E-state index in [0.29, 0.717) is 18.7 Å². The first kappa shape index (κ1) is 20.7. The zero-order chi connectivity index (χ0) is 22.0. The summed E-state index contributed by atoms with van der Waals surface area (Å²) in [7, 11) is 3.31. The maximum atomic E-state index is 13.4. The Hall–Kier alpha value is -3.52. The normalized spacial score (nSPS) is 16.1. The van der Waals surface area contributed by atoms with Crippen molar-refractivity contribution in [3.05, 3.63) is 59.7 Å². The van der Waals surface area contributed by atoms with E-state index in [9.17, 15) is 10.1 Å². The molecule has 158 valence electrons. The van der Waals surface area contributed by atoms with E-state index >= 15 is 0 Å².